The van der Waals surface area contributed by atoms with Gasteiger partial charge in [-0.2, -0.15) is 0 Å². The Morgan fingerprint density at radius 1 is 1.26 bits per heavy atom. The van der Waals surface area contributed by atoms with Gasteiger partial charge in [0.25, 0.3) is 0 Å². The van der Waals surface area contributed by atoms with E-state index in [9.17, 15) is 9.59 Å². The average Bonchev–Trinajstić information content (AvgIpc) is 3.23. The normalized spacial score (nSPS) is 16.7. The molecule has 9 nitrogen and oxygen atoms in total. The van der Waals surface area contributed by atoms with Crippen LogP contribution < -0.4 is 10.6 Å². The van der Waals surface area contributed by atoms with E-state index in [1.54, 1.807) is 13.0 Å². The number of carbonyl (C=O) groups is 2. The molecular formula is C20H24Cl2N4O5. The second kappa shape index (κ2) is 11.3. The number of nitrogens with one attached hydrogen (secondary N) is 2. The molecule has 168 valence electrons. The first-order valence-electron chi connectivity index (χ1n) is 9.87. The van der Waals surface area contributed by atoms with Crippen LogP contribution in [0.1, 0.15) is 28.7 Å². The summed E-state index contributed by atoms with van der Waals surface area (Å²) in [6.45, 7) is 5.15. The summed E-state index contributed by atoms with van der Waals surface area (Å²) in [6.07, 6.45) is -0.136. The second-order valence-electron chi connectivity index (χ2n) is 6.94. The van der Waals surface area contributed by atoms with Gasteiger partial charge in [-0.15, -0.1) is 0 Å². The van der Waals surface area contributed by atoms with E-state index in [0.29, 0.717) is 35.5 Å². The third kappa shape index (κ3) is 7.10. The van der Waals surface area contributed by atoms with Gasteiger partial charge >= 0.3 is 12.0 Å². The number of carbonyl (C=O) groups excluding carboxylic acids is 2. The van der Waals surface area contributed by atoms with Crippen molar-refractivity contribution in [3.05, 3.63) is 51.3 Å². The van der Waals surface area contributed by atoms with Crippen molar-refractivity contribution >= 4 is 35.2 Å². The Balaban J connectivity index is 1.39. The van der Waals surface area contributed by atoms with Crippen molar-refractivity contribution in [1.82, 2.24) is 20.7 Å². The molecular weight excluding hydrogens is 447 g/mol. The minimum absolute atomic E-state index is 0.0664. The highest BCUT2D eigenvalue weighted by Gasteiger charge is 2.21. The fourth-order valence-corrected chi connectivity index (χ4v) is 3.40. The first-order valence-corrected chi connectivity index (χ1v) is 10.6. The van der Waals surface area contributed by atoms with E-state index in [2.05, 4.69) is 20.7 Å². The average molecular weight is 471 g/mol. The number of rotatable bonds is 8. The molecule has 31 heavy (non-hydrogen) atoms. The van der Waals surface area contributed by atoms with E-state index in [-0.39, 0.29) is 31.0 Å². The largest absolute Gasteiger partial charge is 0.461 e. The highest BCUT2D eigenvalue weighted by molar-refractivity contribution is 6.42. The van der Waals surface area contributed by atoms with Gasteiger partial charge in [0.05, 0.1) is 35.9 Å². The quantitative estimate of drug-likeness (QED) is 0.571. The number of esters is 1. The summed E-state index contributed by atoms with van der Waals surface area (Å²) in [5.74, 6) is -0.221. The van der Waals surface area contributed by atoms with Crippen LogP contribution in [0.25, 0.3) is 0 Å². The molecule has 0 saturated carbocycles. The predicted octanol–water partition coefficient (Wildman–Crippen LogP) is 2.86. The van der Waals surface area contributed by atoms with E-state index in [1.807, 2.05) is 12.1 Å². The van der Waals surface area contributed by atoms with E-state index >= 15 is 0 Å². The van der Waals surface area contributed by atoms with Gasteiger partial charge in [0.15, 0.2) is 11.5 Å². The molecule has 0 aliphatic carbocycles. The molecule has 1 saturated heterocycles. The van der Waals surface area contributed by atoms with Crippen LogP contribution in [0, 0.1) is 0 Å². The van der Waals surface area contributed by atoms with Crippen molar-refractivity contribution in [3.8, 4) is 0 Å². The van der Waals surface area contributed by atoms with Crippen LogP contribution in [0.5, 0.6) is 0 Å². The number of benzene rings is 1. The van der Waals surface area contributed by atoms with Gasteiger partial charge in [-0.25, -0.2) is 9.59 Å². The van der Waals surface area contributed by atoms with Gasteiger partial charge in [-0.3, -0.25) is 4.90 Å². The van der Waals surface area contributed by atoms with E-state index in [4.69, 9.17) is 37.2 Å². The predicted molar refractivity (Wildman–Crippen MR) is 114 cm³/mol. The summed E-state index contributed by atoms with van der Waals surface area (Å²) in [5, 5.41) is 10.1. The van der Waals surface area contributed by atoms with Crippen molar-refractivity contribution in [2.24, 2.45) is 0 Å². The van der Waals surface area contributed by atoms with Crippen LogP contribution in [-0.2, 0) is 22.6 Å². The molecule has 2 amide bonds. The number of ether oxygens (including phenoxy) is 2. The lowest BCUT2D eigenvalue weighted by Gasteiger charge is -2.33. The van der Waals surface area contributed by atoms with Crippen molar-refractivity contribution in [3.63, 3.8) is 0 Å². The van der Waals surface area contributed by atoms with Gasteiger partial charge in [0.1, 0.15) is 0 Å². The Labute approximate surface area is 189 Å². The standard InChI is InChI=1S/C20H24Cl2N4O5/c1-2-29-19(27)18-8-14(31-25-18)9-23-20(28)24-10-15-12-26(5-6-30-15)11-13-3-4-16(21)17(22)7-13/h3-4,7-8,15H,2,5-6,9-12H2,1H3,(H2,23,24,28)/t15-/m0/s1. The van der Waals surface area contributed by atoms with Crippen LogP contribution in [0.3, 0.4) is 0 Å². The Kier molecular flexibility index (Phi) is 8.53. The number of amides is 2. The fourth-order valence-electron chi connectivity index (χ4n) is 3.08. The molecule has 1 aliphatic heterocycles. The summed E-state index contributed by atoms with van der Waals surface area (Å²) < 4.78 is 15.6. The van der Waals surface area contributed by atoms with Crippen LogP contribution in [0.4, 0.5) is 4.79 Å². The molecule has 2 N–H and O–H groups in total. The zero-order valence-electron chi connectivity index (χ0n) is 17.0. The number of nitrogens with zero attached hydrogens (tertiary/aromatic N) is 2. The molecule has 1 atom stereocenters. The van der Waals surface area contributed by atoms with Crippen LogP contribution in [0.2, 0.25) is 10.0 Å². The summed E-state index contributed by atoms with van der Waals surface area (Å²) in [6, 6.07) is 6.65. The molecule has 0 spiro atoms. The minimum Gasteiger partial charge on any atom is -0.461 e. The second-order valence-corrected chi connectivity index (χ2v) is 7.75. The summed E-state index contributed by atoms with van der Waals surface area (Å²) >= 11 is 12.1. The molecule has 1 aromatic carbocycles. The van der Waals surface area contributed by atoms with Crippen LogP contribution in [0.15, 0.2) is 28.8 Å². The smallest absolute Gasteiger partial charge is 0.360 e. The molecule has 1 fully saturated rings. The molecule has 3 rings (SSSR count). The Hall–Kier alpha value is -2.33. The third-order valence-electron chi connectivity index (χ3n) is 4.57. The number of morpholine rings is 1. The first-order chi connectivity index (χ1) is 14.9. The Morgan fingerprint density at radius 3 is 2.87 bits per heavy atom. The van der Waals surface area contributed by atoms with E-state index < -0.39 is 5.97 Å². The zero-order chi connectivity index (χ0) is 22.2. The molecule has 1 aliphatic rings. The molecule has 0 unspecified atom stereocenters. The van der Waals surface area contributed by atoms with Gasteiger partial charge in [0, 0.05) is 32.2 Å². The van der Waals surface area contributed by atoms with Crippen LogP contribution in [-0.4, -0.2) is 61.0 Å². The zero-order valence-corrected chi connectivity index (χ0v) is 18.5. The highest BCUT2D eigenvalue weighted by Crippen LogP contribution is 2.23. The molecule has 2 aromatic rings. The monoisotopic (exact) mass is 470 g/mol. The fraction of sp³-hybridized carbons (Fsp3) is 0.450. The summed E-state index contributed by atoms with van der Waals surface area (Å²) in [5.41, 5.74) is 1.13. The van der Waals surface area contributed by atoms with Crippen molar-refractivity contribution in [2.45, 2.75) is 26.1 Å². The van der Waals surface area contributed by atoms with Gasteiger partial charge in [0.2, 0.25) is 0 Å². The maximum absolute atomic E-state index is 12.1. The topological polar surface area (TPSA) is 106 Å². The highest BCUT2D eigenvalue weighted by atomic mass is 35.5. The lowest BCUT2D eigenvalue weighted by atomic mass is 10.2. The lowest BCUT2D eigenvalue weighted by Crippen LogP contribution is -2.48. The summed E-state index contributed by atoms with van der Waals surface area (Å²) in [7, 11) is 0. The summed E-state index contributed by atoms with van der Waals surface area (Å²) in [4.78, 5) is 25.9. The first kappa shape index (κ1) is 23.3. The molecule has 0 bridgehead atoms. The Morgan fingerprint density at radius 2 is 2.10 bits per heavy atom. The lowest BCUT2D eigenvalue weighted by molar-refractivity contribution is -0.0287. The SMILES string of the molecule is CCOC(=O)c1cc(CNC(=O)NC[C@H]2CN(Cc3ccc(Cl)c(Cl)c3)CCO2)on1. The third-order valence-corrected chi connectivity index (χ3v) is 5.31. The van der Waals surface area contributed by atoms with Crippen LogP contribution >= 0.6 is 23.2 Å². The van der Waals surface area contributed by atoms with Gasteiger partial charge in [-0.05, 0) is 24.6 Å². The number of aromatic nitrogens is 1. The van der Waals surface area contributed by atoms with Gasteiger partial charge in [-0.1, -0.05) is 34.4 Å². The molecule has 11 heteroatoms. The van der Waals surface area contributed by atoms with Gasteiger partial charge < -0.3 is 24.6 Å². The molecule has 1 aromatic heterocycles. The number of urea groups is 1. The maximum Gasteiger partial charge on any atom is 0.360 e. The minimum atomic E-state index is -0.568. The van der Waals surface area contributed by atoms with Crippen molar-refractivity contribution in [1.29, 1.82) is 0 Å². The van der Waals surface area contributed by atoms with E-state index in [1.165, 1.54) is 6.07 Å². The molecule has 2 heterocycles. The van der Waals surface area contributed by atoms with E-state index in [0.717, 1.165) is 18.7 Å². The number of hydrogen-bond donors (Lipinski definition) is 2. The number of halogens is 2. The molecule has 0 radical (unpaired) electrons. The Bertz CT molecular complexity index is 907. The van der Waals surface area contributed by atoms with Crippen molar-refractivity contribution in [2.75, 3.05) is 32.8 Å². The van der Waals surface area contributed by atoms with Crippen molar-refractivity contribution < 1.29 is 23.6 Å². The number of hydrogen-bond acceptors (Lipinski definition) is 7. The maximum atomic E-state index is 12.1.